The molecule has 196 valence electrons. The zero-order chi connectivity index (χ0) is 26.2. The fraction of sp³-hybridized carbons (Fsp3) is 0.357. The molecule has 4 heterocycles. The lowest BCUT2D eigenvalue weighted by atomic mass is 10.00. The summed E-state index contributed by atoms with van der Waals surface area (Å²) in [7, 11) is 0. The lowest BCUT2D eigenvalue weighted by molar-refractivity contribution is -0.132. The Labute approximate surface area is 225 Å². The van der Waals surface area contributed by atoms with E-state index in [9.17, 15) is 14.7 Å². The van der Waals surface area contributed by atoms with Crippen molar-refractivity contribution >= 4 is 29.4 Å². The molecule has 0 spiro atoms. The SMILES string of the molecule is O=C(CN1Cc2ccc(-c3nc(NC4CCOCC4O)ncc3Cl)cc2C1=O)N1CCc2ccccc2C1. The molecule has 9 nitrogen and oxygen atoms in total. The number of aromatic nitrogens is 2. The molecule has 1 saturated heterocycles. The number of rotatable bonds is 5. The molecule has 0 bridgehead atoms. The summed E-state index contributed by atoms with van der Waals surface area (Å²) in [5, 5.41) is 13.7. The first kappa shape index (κ1) is 24.8. The molecule has 6 rings (SSSR count). The standard InChI is InChI=1S/C28H28ClN5O4/c29-22-12-30-28(31-23-8-10-38-16-24(23)35)32-26(22)18-5-6-20-14-34(27(37)21(20)11-18)15-25(36)33-9-7-17-3-1-2-4-19(17)13-33/h1-6,11-12,23-24,35H,7-10,13-16H2,(H,30,31,32). The number of amides is 2. The van der Waals surface area contributed by atoms with E-state index in [2.05, 4.69) is 27.4 Å². The summed E-state index contributed by atoms with van der Waals surface area (Å²) in [5.41, 5.74) is 5.02. The first-order valence-corrected chi connectivity index (χ1v) is 13.2. The zero-order valence-electron chi connectivity index (χ0n) is 20.8. The van der Waals surface area contributed by atoms with Crippen molar-refractivity contribution in [3.05, 3.63) is 75.9 Å². The van der Waals surface area contributed by atoms with Gasteiger partial charge in [0.2, 0.25) is 11.9 Å². The molecule has 2 amide bonds. The number of benzene rings is 2. The van der Waals surface area contributed by atoms with E-state index in [1.54, 1.807) is 11.0 Å². The Morgan fingerprint density at radius 2 is 2.00 bits per heavy atom. The Bertz CT molecular complexity index is 1400. The van der Waals surface area contributed by atoms with Crippen LogP contribution in [0, 0.1) is 0 Å². The van der Waals surface area contributed by atoms with Gasteiger partial charge < -0.3 is 25.0 Å². The normalized spacial score (nSPS) is 20.7. The van der Waals surface area contributed by atoms with E-state index in [1.165, 1.54) is 11.8 Å². The Hall–Kier alpha value is -3.53. The van der Waals surface area contributed by atoms with Crippen LogP contribution in [0.25, 0.3) is 11.3 Å². The molecule has 2 aromatic carbocycles. The Morgan fingerprint density at radius 3 is 2.84 bits per heavy atom. The van der Waals surface area contributed by atoms with E-state index < -0.39 is 6.10 Å². The number of fused-ring (bicyclic) bond motifs is 2. The molecule has 0 saturated carbocycles. The molecule has 10 heteroatoms. The summed E-state index contributed by atoms with van der Waals surface area (Å²) in [6.07, 6.45) is 2.31. The van der Waals surface area contributed by atoms with E-state index in [-0.39, 0.29) is 31.0 Å². The number of carbonyl (C=O) groups excluding carboxylic acids is 2. The van der Waals surface area contributed by atoms with Crippen molar-refractivity contribution in [1.29, 1.82) is 0 Å². The van der Waals surface area contributed by atoms with Crippen molar-refractivity contribution in [2.45, 2.75) is 38.1 Å². The molecular formula is C28H28ClN5O4. The molecule has 2 N–H and O–H groups in total. The third-order valence-electron chi connectivity index (χ3n) is 7.46. The molecule has 1 fully saturated rings. The maximum atomic E-state index is 13.3. The molecule has 38 heavy (non-hydrogen) atoms. The Kier molecular flexibility index (Phi) is 6.73. The maximum Gasteiger partial charge on any atom is 0.254 e. The van der Waals surface area contributed by atoms with Gasteiger partial charge in [-0.2, -0.15) is 0 Å². The van der Waals surface area contributed by atoms with Crippen LogP contribution >= 0.6 is 11.6 Å². The van der Waals surface area contributed by atoms with Crippen LogP contribution in [0.2, 0.25) is 5.02 Å². The highest BCUT2D eigenvalue weighted by molar-refractivity contribution is 6.33. The zero-order valence-corrected chi connectivity index (χ0v) is 21.5. The molecule has 0 radical (unpaired) electrons. The van der Waals surface area contributed by atoms with E-state index in [4.69, 9.17) is 16.3 Å². The average molecular weight is 534 g/mol. The lowest BCUT2D eigenvalue weighted by Gasteiger charge is -2.30. The second-order valence-electron chi connectivity index (χ2n) is 9.94. The van der Waals surface area contributed by atoms with Gasteiger partial charge in [-0.25, -0.2) is 9.97 Å². The highest BCUT2D eigenvalue weighted by Gasteiger charge is 2.32. The van der Waals surface area contributed by atoms with Crippen LogP contribution in [0.4, 0.5) is 5.95 Å². The Morgan fingerprint density at radius 1 is 1.16 bits per heavy atom. The summed E-state index contributed by atoms with van der Waals surface area (Å²) in [5.74, 6) is 0.115. The predicted molar refractivity (Wildman–Crippen MR) is 142 cm³/mol. The van der Waals surface area contributed by atoms with Crippen molar-refractivity contribution < 1.29 is 19.4 Å². The van der Waals surface area contributed by atoms with Crippen molar-refractivity contribution in [3.63, 3.8) is 0 Å². The third kappa shape index (κ3) is 4.84. The van der Waals surface area contributed by atoms with Crippen LogP contribution in [0.1, 0.15) is 33.5 Å². The maximum absolute atomic E-state index is 13.3. The van der Waals surface area contributed by atoms with Gasteiger partial charge in [0.15, 0.2) is 0 Å². The molecule has 0 aliphatic carbocycles. The van der Waals surface area contributed by atoms with Gasteiger partial charge in [-0.1, -0.05) is 48.0 Å². The van der Waals surface area contributed by atoms with Gasteiger partial charge in [-0.05, 0) is 35.6 Å². The monoisotopic (exact) mass is 533 g/mol. The van der Waals surface area contributed by atoms with Gasteiger partial charge in [0.05, 0.1) is 35.7 Å². The quantitative estimate of drug-likeness (QED) is 0.519. The number of halogens is 1. The van der Waals surface area contributed by atoms with E-state index in [0.29, 0.717) is 60.5 Å². The van der Waals surface area contributed by atoms with Crippen LogP contribution in [0.5, 0.6) is 0 Å². The van der Waals surface area contributed by atoms with Gasteiger partial charge in [0, 0.05) is 37.4 Å². The molecular weight excluding hydrogens is 506 g/mol. The van der Waals surface area contributed by atoms with Gasteiger partial charge in [-0.3, -0.25) is 9.59 Å². The first-order valence-electron chi connectivity index (χ1n) is 12.8. The van der Waals surface area contributed by atoms with Crippen molar-refractivity contribution in [1.82, 2.24) is 19.8 Å². The fourth-order valence-electron chi connectivity index (χ4n) is 5.30. The van der Waals surface area contributed by atoms with Gasteiger partial charge in [-0.15, -0.1) is 0 Å². The fourth-order valence-corrected chi connectivity index (χ4v) is 5.50. The second-order valence-corrected chi connectivity index (χ2v) is 10.3. The van der Waals surface area contributed by atoms with Crippen LogP contribution in [-0.2, 0) is 29.0 Å². The smallest absolute Gasteiger partial charge is 0.254 e. The third-order valence-corrected chi connectivity index (χ3v) is 7.73. The largest absolute Gasteiger partial charge is 0.389 e. The number of ether oxygens (including phenoxy) is 1. The van der Waals surface area contributed by atoms with Crippen LogP contribution in [-0.4, -0.2) is 75.1 Å². The minimum atomic E-state index is -0.655. The Balaban J connectivity index is 1.16. The summed E-state index contributed by atoms with van der Waals surface area (Å²) in [6.45, 7) is 2.46. The topological polar surface area (TPSA) is 108 Å². The number of nitrogens with one attached hydrogen (secondary N) is 1. The number of hydrogen-bond donors (Lipinski definition) is 2. The number of carbonyl (C=O) groups is 2. The lowest BCUT2D eigenvalue weighted by Crippen LogP contribution is -2.42. The number of anilines is 1. The average Bonchev–Trinajstić information content (AvgIpc) is 3.24. The predicted octanol–water partition coefficient (Wildman–Crippen LogP) is 2.90. The van der Waals surface area contributed by atoms with Crippen molar-refractivity contribution in [3.8, 4) is 11.3 Å². The highest BCUT2D eigenvalue weighted by Crippen LogP contribution is 2.32. The number of aliphatic hydroxyl groups excluding tert-OH is 1. The van der Waals surface area contributed by atoms with Gasteiger partial charge >= 0.3 is 0 Å². The molecule has 2 atom stereocenters. The second kappa shape index (κ2) is 10.3. The highest BCUT2D eigenvalue weighted by atomic mass is 35.5. The van der Waals surface area contributed by atoms with Crippen LogP contribution in [0.15, 0.2) is 48.7 Å². The van der Waals surface area contributed by atoms with Gasteiger partial charge in [0.1, 0.15) is 6.54 Å². The summed E-state index contributed by atoms with van der Waals surface area (Å²) in [4.78, 5) is 38.6. The van der Waals surface area contributed by atoms with Crippen LogP contribution < -0.4 is 5.32 Å². The number of aliphatic hydroxyl groups is 1. The summed E-state index contributed by atoms with van der Waals surface area (Å²) < 4.78 is 5.28. The summed E-state index contributed by atoms with van der Waals surface area (Å²) >= 11 is 6.44. The van der Waals surface area contributed by atoms with Crippen molar-refractivity contribution in [2.24, 2.45) is 0 Å². The molecule has 3 aromatic rings. The molecule has 3 aliphatic heterocycles. The first-order chi connectivity index (χ1) is 18.5. The van der Waals surface area contributed by atoms with E-state index >= 15 is 0 Å². The van der Waals surface area contributed by atoms with Crippen molar-refractivity contribution in [2.75, 3.05) is 31.6 Å². The number of hydrogen-bond acceptors (Lipinski definition) is 7. The minimum Gasteiger partial charge on any atom is -0.389 e. The van der Waals surface area contributed by atoms with Crippen LogP contribution in [0.3, 0.4) is 0 Å². The molecule has 2 unspecified atom stereocenters. The molecule has 3 aliphatic rings. The van der Waals surface area contributed by atoms with Gasteiger partial charge in [0.25, 0.3) is 5.91 Å². The number of nitrogens with zero attached hydrogens (tertiary/aromatic N) is 4. The minimum absolute atomic E-state index is 0.0424. The molecule has 1 aromatic heterocycles. The van der Waals surface area contributed by atoms with E-state index in [1.807, 2.05) is 29.2 Å². The van der Waals surface area contributed by atoms with E-state index in [0.717, 1.165) is 17.5 Å². The summed E-state index contributed by atoms with van der Waals surface area (Å²) in [6, 6.07) is 13.5.